The van der Waals surface area contributed by atoms with Gasteiger partial charge in [0.05, 0.1) is 5.69 Å². The highest BCUT2D eigenvalue weighted by Crippen LogP contribution is 2.38. The molecule has 1 heterocycles. The molecule has 2 N–H and O–H groups in total. The van der Waals surface area contributed by atoms with Crippen LogP contribution in [0.25, 0.3) is 10.1 Å². The Morgan fingerprint density at radius 3 is 2.85 bits per heavy atom. The monoisotopic (exact) mass is 372 g/mol. The van der Waals surface area contributed by atoms with E-state index in [1.165, 1.54) is 11.3 Å². The van der Waals surface area contributed by atoms with Crippen molar-refractivity contribution in [1.29, 1.82) is 0 Å². The van der Waals surface area contributed by atoms with Crippen LogP contribution < -0.4 is 5.73 Å². The van der Waals surface area contributed by atoms with E-state index in [1.807, 2.05) is 38.4 Å². The minimum absolute atomic E-state index is 0.00264. The number of hydrogen-bond acceptors (Lipinski definition) is 4. The van der Waals surface area contributed by atoms with Crippen LogP contribution in [0.1, 0.15) is 16.6 Å². The Bertz CT molecular complexity index is 641. The molecule has 0 aliphatic rings. The number of fused-ring (bicyclic) bond motifs is 1. The molecule has 108 valence electrons. The van der Waals surface area contributed by atoms with Crippen molar-refractivity contribution in [3.05, 3.63) is 27.5 Å². The molecule has 0 radical (unpaired) electrons. The van der Waals surface area contributed by atoms with Gasteiger partial charge in [0.1, 0.15) is 4.88 Å². The zero-order chi connectivity index (χ0) is 14.9. The number of amides is 1. The number of halogens is 1. The van der Waals surface area contributed by atoms with Gasteiger partial charge >= 0.3 is 0 Å². The maximum atomic E-state index is 12.6. The largest absolute Gasteiger partial charge is 0.397 e. The molecule has 1 atom stereocenters. The smallest absolute Gasteiger partial charge is 0.266 e. The fourth-order valence-electron chi connectivity index (χ4n) is 2.00. The molecule has 3 nitrogen and oxygen atoms in total. The van der Waals surface area contributed by atoms with Gasteiger partial charge in [-0.15, -0.1) is 11.3 Å². The number of carbonyl (C=O) groups is 1. The number of nitrogens with two attached hydrogens (primary N) is 1. The third-order valence-electron chi connectivity index (χ3n) is 3.28. The predicted octanol–water partition coefficient (Wildman–Crippen LogP) is 4.07. The van der Waals surface area contributed by atoms with Crippen LogP contribution in [0, 0.1) is 0 Å². The van der Waals surface area contributed by atoms with Crippen LogP contribution in [0.15, 0.2) is 22.7 Å². The van der Waals surface area contributed by atoms with Gasteiger partial charge in [0, 0.05) is 33.4 Å². The van der Waals surface area contributed by atoms with Gasteiger partial charge in [-0.2, -0.15) is 11.8 Å². The van der Waals surface area contributed by atoms with Crippen LogP contribution in [0.3, 0.4) is 0 Å². The second-order valence-corrected chi connectivity index (χ2v) is 7.50. The topological polar surface area (TPSA) is 46.3 Å². The fraction of sp³-hybridized carbons (Fsp3) is 0.357. The molecule has 0 saturated carbocycles. The van der Waals surface area contributed by atoms with E-state index in [9.17, 15) is 4.79 Å². The zero-order valence-electron chi connectivity index (χ0n) is 11.6. The van der Waals surface area contributed by atoms with E-state index in [0.29, 0.717) is 10.6 Å². The Labute approximate surface area is 135 Å². The van der Waals surface area contributed by atoms with Gasteiger partial charge in [-0.05, 0) is 25.3 Å². The molecular formula is C14H17BrN2OS2. The summed E-state index contributed by atoms with van der Waals surface area (Å²) in [6.45, 7) is 2.05. The van der Waals surface area contributed by atoms with Gasteiger partial charge in [0.2, 0.25) is 0 Å². The number of benzene rings is 1. The Hall–Kier alpha value is -0.720. The van der Waals surface area contributed by atoms with Crippen molar-refractivity contribution < 1.29 is 4.79 Å². The second kappa shape index (κ2) is 6.37. The minimum Gasteiger partial charge on any atom is -0.397 e. The van der Waals surface area contributed by atoms with Crippen molar-refractivity contribution in [3.63, 3.8) is 0 Å². The van der Waals surface area contributed by atoms with Crippen LogP contribution >= 0.6 is 39.0 Å². The lowest BCUT2D eigenvalue weighted by Gasteiger charge is -2.24. The molecule has 2 rings (SSSR count). The average Bonchev–Trinajstić information content (AvgIpc) is 2.76. The molecule has 1 amide bonds. The lowest BCUT2D eigenvalue weighted by atomic mass is 10.2. The maximum absolute atomic E-state index is 12.6. The van der Waals surface area contributed by atoms with Crippen molar-refractivity contribution in [2.45, 2.75) is 13.0 Å². The van der Waals surface area contributed by atoms with Gasteiger partial charge in [-0.1, -0.05) is 22.0 Å². The van der Waals surface area contributed by atoms with Gasteiger partial charge in [0.25, 0.3) is 5.91 Å². The highest BCUT2D eigenvalue weighted by molar-refractivity contribution is 9.10. The highest BCUT2D eigenvalue weighted by Gasteiger charge is 2.23. The summed E-state index contributed by atoms with van der Waals surface area (Å²) < 4.78 is 1.97. The summed E-state index contributed by atoms with van der Waals surface area (Å²) in [5, 5.41) is 0.937. The summed E-state index contributed by atoms with van der Waals surface area (Å²) in [6, 6.07) is 6.07. The first-order chi connectivity index (χ1) is 9.47. The lowest BCUT2D eigenvalue weighted by Crippen LogP contribution is -2.36. The van der Waals surface area contributed by atoms with Gasteiger partial charge in [0.15, 0.2) is 0 Å². The third kappa shape index (κ3) is 2.82. The van der Waals surface area contributed by atoms with Gasteiger partial charge in [-0.25, -0.2) is 0 Å². The van der Waals surface area contributed by atoms with E-state index >= 15 is 0 Å². The van der Waals surface area contributed by atoms with Crippen molar-refractivity contribution >= 4 is 60.7 Å². The zero-order valence-corrected chi connectivity index (χ0v) is 14.9. The highest BCUT2D eigenvalue weighted by atomic mass is 79.9. The van der Waals surface area contributed by atoms with Crippen molar-refractivity contribution in [1.82, 2.24) is 4.90 Å². The fourth-order valence-corrected chi connectivity index (χ4v) is 4.55. The Balaban J connectivity index is 2.40. The molecule has 20 heavy (non-hydrogen) atoms. The van der Waals surface area contributed by atoms with Crippen molar-refractivity contribution in [3.8, 4) is 0 Å². The summed E-state index contributed by atoms with van der Waals surface area (Å²) in [4.78, 5) is 15.0. The summed E-state index contributed by atoms with van der Waals surface area (Å²) in [5.41, 5.74) is 6.76. The summed E-state index contributed by atoms with van der Waals surface area (Å²) in [7, 11) is 1.84. The van der Waals surface area contributed by atoms with Gasteiger partial charge in [-0.3, -0.25) is 4.79 Å². The van der Waals surface area contributed by atoms with E-state index in [0.717, 1.165) is 20.3 Å². The minimum atomic E-state index is -0.00264. The molecular weight excluding hydrogens is 356 g/mol. The summed E-state index contributed by atoms with van der Waals surface area (Å²) in [6.07, 6.45) is 2.04. The molecule has 0 saturated heterocycles. The molecule has 1 unspecified atom stereocenters. The van der Waals surface area contributed by atoms with Gasteiger partial charge < -0.3 is 10.6 Å². The summed E-state index contributed by atoms with van der Waals surface area (Å²) in [5.74, 6) is 0.911. The van der Waals surface area contributed by atoms with Crippen molar-refractivity contribution in [2.75, 3.05) is 24.8 Å². The molecule has 0 bridgehead atoms. The predicted molar refractivity (Wildman–Crippen MR) is 93.9 cm³/mol. The van der Waals surface area contributed by atoms with Crippen LogP contribution in [0.5, 0.6) is 0 Å². The van der Waals surface area contributed by atoms with E-state index in [2.05, 4.69) is 15.9 Å². The standard InChI is InChI=1S/C14H17BrN2OS2/c1-8(7-19-3)17(2)14(18)13-12(16)11-9(15)5-4-6-10(11)20-13/h4-6,8H,7,16H2,1-3H3. The van der Waals surface area contributed by atoms with E-state index in [-0.39, 0.29) is 11.9 Å². The number of hydrogen-bond donors (Lipinski definition) is 1. The normalized spacial score (nSPS) is 12.6. The summed E-state index contributed by atoms with van der Waals surface area (Å²) >= 11 is 6.69. The van der Waals surface area contributed by atoms with E-state index in [1.54, 1.807) is 16.7 Å². The van der Waals surface area contributed by atoms with Crippen molar-refractivity contribution in [2.24, 2.45) is 0 Å². The molecule has 6 heteroatoms. The Morgan fingerprint density at radius 2 is 2.25 bits per heavy atom. The molecule has 0 fully saturated rings. The molecule has 0 aliphatic heterocycles. The first-order valence-electron chi connectivity index (χ1n) is 6.20. The van der Waals surface area contributed by atoms with Crippen LogP contribution in [0.2, 0.25) is 0 Å². The maximum Gasteiger partial charge on any atom is 0.266 e. The molecule has 0 spiro atoms. The average molecular weight is 373 g/mol. The Morgan fingerprint density at radius 1 is 1.55 bits per heavy atom. The Kier molecular flexibility index (Phi) is 4.99. The first-order valence-corrected chi connectivity index (χ1v) is 9.20. The van der Waals surface area contributed by atoms with Crippen LogP contribution in [0.4, 0.5) is 5.69 Å². The number of rotatable bonds is 4. The third-order valence-corrected chi connectivity index (χ3v) is 5.92. The number of thioether (sulfide) groups is 1. The quantitative estimate of drug-likeness (QED) is 0.879. The molecule has 1 aromatic carbocycles. The van der Waals surface area contributed by atoms with E-state index in [4.69, 9.17) is 5.73 Å². The molecule has 0 aliphatic carbocycles. The molecule has 2 aromatic rings. The number of thiophene rings is 1. The molecule has 1 aromatic heterocycles. The first kappa shape index (κ1) is 15.7. The number of anilines is 1. The second-order valence-electron chi connectivity index (χ2n) is 4.68. The van der Waals surface area contributed by atoms with E-state index < -0.39 is 0 Å². The SMILES string of the molecule is CSCC(C)N(C)C(=O)c1sc2cccc(Br)c2c1N. The number of carbonyl (C=O) groups excluding carboxylic acids is 1. The number of nitrogens with zero attached hydrogens (tertiary/aromatic N) is 1. The van der Waals surface area contributed by atoms with Crippen LogP contribution in [-0.2, 0) is 0 Å². The lowest BCUT2D eigenvalue weighted by molar-refractivity contribution is 0.0763. The number of nitrogen functional groups attached to an aromatic ring is 1. The van der Waals surface area contributed by atoms with Crippen LogP contribution in [-0.4, -0.2) is 35.9 Å².